The van der Waals surface area contributed by atoms with E-state index >= 15 is 0 Å². The van der Waals surface area contributed by atoms with Crippen molar-refractivity contribution in [1.82, 2.24) is 5.32 Å². The van der Waals surface area contributed by atoms with Crippen molar-refractivity contribution in [3.63, 3.8) is 0 Å². The summed E-state index contributed by atoms with van der Waals surface area (Å²) in [5.74, 6) is -0.375. The molecule has 1 atom stereocenters. The number of benzene rings is 1. The molecule has 0 saturated heterocycles. The maximum absolute atomic E-state index is 12.1. The van der Waals surface area contributed by atoms with Gasteiger partial charge < -0.3 is 10.1 Å². The first-order valence-electron chi connectivity index (χ1n) is 5.91. The third kappa shape index (κ3) is 4.86. The van der Waals surface area contributed by atoms with Crippen molar-refractivity contribution in [2.24, 2.45) is 5.14 Å². The number of amides is 1. The number of carbonyl (C=O) groups excluding carboxylic acids is 1. The molecule has 0 aliphatic carbocycles. The van der Waals surface area contributed by atoms with E-state index in [0.717, 1.165) is 0 Å². The minimum absolute atomic E-state index is 0.114. The molecule has 0 radical (unpaired) electrons. The van der Waals surface area contributed by atoms with Gasteiger partial charge in [-0.1, -0.05) is 22.9 Å². The normalized spacial score (nSPS) is 13.0. The molecular weight excluding hydrogens is 348 g/mol. The second-order valence-corrected chi connectivity index (χ2v) is 6.73. The number of methoxy groups -OCH3 is 1. The highest BCUT2D eigenvalue weighted by molar-refractivity contribution is 9.10. The van der Waals surface area contributed by atoms with Gasteiger partial charge in [-0.2, -0.15) is 0 Å². The molecule has 1 rings (SSSR count). The molecule has 0 aliphatic rings. The van der Waals surface area contributed by atoms with Gasteiger partial charge in [-0.15, -0.1) is 0 Å². The Bertz CT molecular complexity index is 589. The minimum Gasteiger partial charge on any atom is -0.383 e. The number of hydrogen-bond acceptors (Lipinski definition) is 4. The number of nitrogens with one attached hydrogen (secondary N) is 1. The van der Waals surface area contributed by atoms with Gasteiger partial charge in [0.2, 0.25) is 10.0 Å². The maximum atomic E-state index is 12.1. The second kappa shape index (κ2) is 7.16. The van der Waals surface area contributed by atoms with E-state index < -0.39 is 10.0 Å². The Morgan fingerprint density at radius 2 is 2.10 bits per heavy atom. The lowest BCUT2D eigenvalue weighted by molar-refractivity contribution is 0.0894. The van der Waals surface area contributed by atoms with Crippen LogP contribution in [0.25, 0.3) is 0 Å². The summed E-state index contributed by atoms with van der Waals surface area (Å²) in [6.45, 7) is 2.30. The van der Waals surface area contributed by atoms with Crippen LogP contribution in [0.2, 0.25) is 0 Å². The fraction of sp³-hybridized carbons (Fsp3) is 0.417. The smallest absolute Gasteiger partial charge is 0.251 e. The summed E-state index contributed by atoms with van der Waals surface area (Å²) >= 11 is 3.16. The molecule has 6 nitrogen and oxygen atoms in total. The average molecular weight is 365 g/mol. The third-order valence-corrected chi connectivity index (χ3v) is 4.01. The van der Waals surface area contributed by atoms with Crippen molar-refractivity contribution in [2.75, 3.05) is 13.7 Å². The maximum Gasteiger partial charge on any atom is 0.251 e. The largest absolute Gasteiger partial charge is 0.383 e. The predicted molar refractivity (Wildman–Crippen MR) is 78.9 cm³/mol. The van der Waals surface area contributed by atoms with Crippen molar-refractivity contribution < 1.29 is 17.9 Å². The van der Waals surface area contributed by atoms with E-state index in [1.165, 1.54) is 18.2 Å². The molecule has 0 bridgehead atoms. The monoisotopic (exact) mass is 364 g/mol. The summed E-state index contributed by atoms with van der Waals surface area (Å²) < 4.78 is 28.2. The molecule has 8 heteroatoms. The van der Waals surface area contributed by atoms with Crippen LogP contribution in [0.5, 0.6) is 0 Å². The molecule has 0 aromatic heterocycles. The van der Waals surface area contributed by atoms with E-state index in [-0.39, 0.29) is 22.4 Å². The first-order chi connectivity index (χ1) is 9.27. The fourth-order valence-electron chi connectivity index (χ4n) is 1.59. The molecule has 20 heavy (non-hydrogen) atoms. The molecule has 0 heterocycles. The number of primary sulfonamides is 1. The molecule has 1 aromatic rings. The van der Waals surface area contributed by atoms with Gasteiger partial charge >= 0.3 is 0 Å². The van der Waals surface area contributed by atoms with Crippen LogP contribution in [0.3, 0.4) is 0 Å². The van der Waals surface area contributed by atoms with Crippen LogP contribution in [0.15, 0.2) is 27.6 Å². The van der Waals surface area contributed by atoms with Crippen LogP contribution in [-0.2, 0) is 14.8 Å². The summed E-state index contributed by atoms with van der Waals surface area (Å²) in [6, 6.07) is 3.99. The molecular formula is C12H17BrN2O4S. The van der Waals surface area contributed by atoms with Crippen LogP contribution in [0.4, 0.5) is 0 Å². The standard InChI is InChI=1S/C12H17BrN2O4S/c1-3-10(7-19-2)15-12(16)8-4-9(13)6-11(5-8)20(14,17)18/h4-6,10H,3,7H2,1-2H3,(H,15,16)(H2,14,17,18). The summed E-state index contributed by atoms with van der Waals surface area (Å²) in [5.41, 5.74) is 0.220. The summed E-state index contributed by atoms with van der Waals surface area (Å²) in [7, 11) is -2.31. The number of ether oxygens (including phenoxy) is 1. The van der Waals surface area contributed by atoms with E-state index in [0.29, 0.717) is 17.5 Å². The zero-order valence-corrected chi connectivity index (χ0v) is 13.6. The van der Waals surface area contributed by atoms with Crippen molar-refractivity contribution >= 4 is 31.9 Å². The molecule has 3 N–H and O–H groups in total. The van der Waals surface area contributed by atoms with Gasteiger partial charge in [-0.3, -0.25) is 4.79 Å². The Balaban J connectivity index is 3.02. The fourth-order valence-corrected chi connectivity index (χ4v) is 2.82. The molecule has 0 fully saturated rings. The van der Waals surface area contributed by atoms with E-state index in [1.54, 1.807) is 7.11 Å². The van der Waals surface area contributed by atoms with Crippen LogP contribution >= 0.6 is 15.9 Å². The summed E-state index contributed by atoms with van der Waals surface area (Å²) in [6.07, 6.45) is 0.704. The zero-order valence-electron chi connectivity index (χ0n) is 11.2. The van der Waals surface area contributed by atoms with Crippen molar-refractivity contribution in [1.29, 1.82) is 0 Å². The molecule has 1 amide bonds. The average Bonchev–Trinajstić information content (AvgIpc) is 2.36. The van der Waals surface area contributed by atoms with Gasteiger partial charge in [0.15, 0.2) is 0 Å². The van der Waals surface area contributed by atoms with Gasteiger partial charge in [0.1, 0.15) is 0 Å². The Labute approximate surface area is 126 Å². The van der Waals surface area contributed by atoms with Gasteiger partial charge in [0, 0.05) is 17.1 Å². The van der Waals surface area contributed by atoms with Crippen molar-refractivity contribution in [3.05, 3.63) is 28.2 Å². The Morgan fingerprint density at radius 3 is 2.60 bits per heavy atom. The number of carbonyl (C=O) groups is 1. The molecule has 1 aromatic carbocycles. The van der Waals surface area contributed by atoms with Crippen LogP contribution in [0.1, 0.15) is 23.7 Å². The lowest BCUT2D eigenvalue weighted by Gasteiger charge is -2.16. The molecule has 1 unspecified atom stereocenters. The second-order valence-electron chi connectivity index (χ2n) is 4.25. The lowest BCUT2D eigenvalue weighted by Crippen LogP contribution is -2.37. The van der Waals surface area contributed by atoms with Crippen molar-refractivity contribution in [3.8, 4) is 0 Å². The number of hydrogen-bond donors (Lipinski definition) is 2. The highest BCUT2D eigenvalue weighted by Crippen LogP contribution is 2.19. The molecule has 0 saturated carbocycles. The van der Waals surface area contributed by atoms with E-state index in [1.807, 2.05) is 6.92 Å². The quantitative estimate of drug-likeness (QED) is 0.793. The Hall–Kier alpha value is -0.960. The van der Waals surface area contributed by atoms with Gasteiger partial charge in [0.25, 0.3) is 5.91 Å². The number of sulfonamides is 1. The topological polar surface area (TPSA) is 98.5 Å². The first kappa shape index (κ1) is 17.1. The van der Waals surface area contributed by atoms with Crippen LogP contribution in [0, 0.1) is 0 Å². The van der Waals surface area contributed by atoms with E-state index in [9.17, 15) is 13.2 Å². The highest BCUT2D eigenvalue weighted by Gasteiger charge is 2.16. The molecule has 0 spiro atoms. The van der Waals surface area contributed by atoms with Gasteiger partial charge in [-0.25, -0.2) is 13.6 Å². The van der Waals surface area contributed by atoms with Gasteiger partial charge in [-0.05, 0) is 24.6 Å². The highest BCUT2D eigenvalue weighted by atomic mass is 79.9. The number of nitrogens with two attached hydrogens (primary N) is 1. The van der Waals surface area contributed by atoms with Gasteiger partial charge in [0.05, 0.1) is 17.5 Å². The molecule has 112 valence electrons. The van der Waals surface area contributed by atoms with E-state index in [2.05, 4.69) is 21.2 Å². The van der Waals surface area contributed by atoms with Crippen LogP contribution < -0.4 is 10.5 Å². The Morgan fingerprint density at radius 1 is 1.45 bits per heavy atom. The van der Waals surface area contributed by atoms with Crippen molar-refractivity contribution in [2.45, 2.75) is 24.3 Å². The van der Waals surface area contributed by atoms with Crippen LogP contribution in [-0.4, -0.2) is 34.1 Å². The Kier molecular flexibility index (Phi) is 6.12. The molecule has 0 aliphatic heterocycles. The lowest BCUT2D eigenvalue weighted by atomic mass is 10.2. The first-order valence-corrected chi connectivity index (χ1v) is 8.25. The predicted octanol–water partition coefficient (Wildman–Crippen LogP) is 1.25. The number of halogens is 1. The SMILES string of the molecule is CCC(COC)NC(=O)c1cc(Br)cc(S(N)(=O)=O)c1. The number of rotatable bonds is 6. The van der Waals surface area contributed by atoms with E-state index in [4.69, 9.17) is 9.88 Å². The summed E-state index contributed by atoms with van der Waals surface area (Å²) in [4.78, 5) is 12.0. The third-order valence-electron chi connectivity index (χ3n) is 2.66. The minimum atomic E-state index is -3.86. The zero-order chi connectivity index (χ0) is 15.3. The summed E-state index contributed by atoms with van der Waals surface area (Å²) in [5, 5.41) is 7.84.